The van der Waals surface area contributed by atoms with Gasteiger partial charge in [0, 0.05) is 22.7 Å². The number of aromatic nitrogens is 1. The molecule has 0 aliphatic carbocycles. The van der Waals surface area contributed by atoms with E-state index in [4.69, 9.17) is 28.3 Å². The van der Waals surface area contributed by atoms with Gasteiger partial charge in [0.15, 0.2) is 5.96 Å². The van der Waals surface area contributed by atoms with E-state index in [1.54, 1.807) is 48.7 Å². The number of nitrogens with two attached hydrogens (primary N) is 2. The fraction of sp³-hybridized carbons (Fsp3) is 0. The Morgan fingerprint density at radius 1 is 1.16 bits per heavy atom. The van der Waals surface area contributed by atoms with Crippen LogP contribution in [-0.4, -0.2) is 16.9 Å². The van der Waals surface area contributed by atoms with Crippen LogP contribution in [-0.2, 0) is 0 Å². The van der Waals surface area contributed by atoms with Gasteiger partial charge in [-0.15, -0.1) is 0 Å². The number of carbonyl (C=O) groups excluding carboxylic acids is 1. The summed E-state index contributed by atoms with van der Waals surface area (Å²) in [7, 11) is 0. The van der Waals surface area contributed by atoms with Crippen LogP contribution in [0.25, 0.3) is 22.0 Å². The van der Waals surface area contributed by atoms with Crippen molar-refractivity contribution in [1.82, 2.24) is 4.98 Å². The molecule has 122 valence electrons. The lowest BCUT2D eigenvalue weighted by atomic mass is 9.98. The van der Waals surface area contributed by atoms with Crippen LogP contribution in [0.1, 0.15) is 15.9 Å². The molecule has 0 saturated carbocycles. The number of benzene rings is 2. The summed E-state index contributed by atoms with van der Waals surface area (Å²) in [6, 6.07) is 14.0. The van der Waals surface area contributed by atoms with Gasteiger partial charge < -0.3 is 11.5 Å². The summed E-state index contributed by atoms with van der Waals surface area (Å²) in [5.41, 5.74) is 13.6. The molecule has 3 rings (SSSR count). The van der Waals surface area contributed by atoms with Crippen LogP contribution in [0.2, 0.25) is 5.02 Å². The summed E-state index contributed by atoms with van der Waals surface area (Å²) in [5.74, 6) is -0.853. The first-order valence-corrected chi connectivity index (χ1v) is 7.60. The van der Waals surface area contributed by atoms with Crippen molar-refractivity contribution in [3.05, 3.63) is 64.8 Å². The molecule has 3 aromatic rings. The number of nitrogens with zero attached hydrogens (tertiary/aromatic N) is 3. The van der Waals surface area contributed by atoms with E-state index < -0.39 is 5.91 Å². The largest absolute Gasteiger partial charge is 0.370 e. The maximum absolute atomic E-state index is 12.1. The first-order valence-electron chi connectivity index (χ1n) is 7.22. The molecule has 0 spiro atoms. The maximum atomic E-state index is 12.1. The predicted molar refractivity (Wildman–Crippen MR) is 97.0 cm³/mol. The smallest absolute Gasteiger partial charge is 0.280 e. The fourth-order valence-corrected chi connectivity index (χ4v) is 2.75. The van der Waals surface area contributed by atoms with Crippen LogP contribution in [0.4, 0.5) is 0 Å². The summed E-state index contributed by atoms with van der Waals surface area (Å²) >= 11 is 6.35. The Morgan fingerprint density at radius 2 is 1.88 bits per heavy atom. The molecule has 25 heavy (non-hydrogen) atoms. The lowest BCUT2D eigenvalue weighted by Crippen LogP contribution is -2.24. The van der Waals surface area contributed by atoms with Crippen LogP contribution in [0, 0.1) is 11.3 Å². The zero-order chi connectivity index (χ0) is 18.0. The van der Waals surface area contributed by atoms with Crippen LogP contribution in [0.5, 0.6) is 0 Å². The van der Waals surface area contributed by atoms with Crippen molar-refractivity contribution in [1.29, 1.82) is 5.26 Å². The van der Waals surface area contributed by atoms with Gasteiger partial charge in [0.1, 0.15) is 0 Å². The van der Waals surface area contributed by atoms with Crippen molar-refractivity contribution in [2.24, 2.45) is 16.5 Å². The summed E-state index contributed by atoms with van der Waals surface area (Å²) in [4.78, 5) is 19.9. The highest BCUT2D eigenvalue weighted by Gasteiger charge is 2.13. The molecule has 0 bridgehead atoms. The minimum atomic E-state index is -0.548. The number of aliphatic imine (C=N–C) groups is 1. The molecule has 0 fully saturated rings. The molecule has 6 nitrogen and oxygen atoms in total. The Balaban J connectivity index is 2.22. The highest BCUT2D eigenvalue weighted by Crippen LogP contribution is 2.34. The first-order chi connectivity index (χ1) is 12.0. The zero-order valence-corrected chi connectivity index (χ0v) is 13.7. The summed E-state index contributed by atoms with van der Waals surface area (Å²) < 4.78 is 0. The minimum absolute atomic E-state index is 0.304. The van der Waals surface area contributed by atoms with Gasteiger partial charge in [0.2, 0.25) is 0 Å². The number of hydrogen-bond donors (Lipinski definition) is 2. The van der Waals surface area contributed by atoms with E-state index in [1.807, 2.05) is 0 Å². The number of carbonyl (C=O) groups is 1. The molecular weight excluding hydrogens is 338 g/mol. The molecule has 7 heteroatoms. The van der Waals surface area contributed by atoms with E-state index >= 15 is 0 Å². The Kier molecular flexibility index (Phi) is 4.33. The molecule has 1 heterocycles. The number of guanidine groups is 1. The Labute approximate surface area is 148 Å². The van der Waals surface area contributed by atoms with E-state index in [1.165, 1.54) is 0 Å². The Bertz CT molecular complexity index is 1050. The van der Waals surface area contributed by atoms with E-state index in [0.717, 1.165) is 11.1 Å². The maximum Gasteiger partial charge on any atom is 0.280 e. The number of amides is 1. The number of nitriles is 1. The lowest BCUT2D eigenvalue weighted by Gasteiger charge is -2.10. The molecule has 1 amide bonds. The average molecular weight is 350 g/mol. The van der Waals surface area contributed by atoms with Crippen molar-refractivity contribution in [2.75, 3.05) is 0 Å². The number of rotatable bonds is 2. The second kappa shape index (κ2) is 6.59. The zero-order valence-electron chi connectivity index (χ0n) is 12.9. The molecule has 0 radical (unpaired) electrons. The van der Waals surface area contributed by atoms with Gasteiger partial charge in [-0.2, -0.15) is 10.3 Å². The quantitative estimate of drug-likeness (QED) is 0.544. The summed E-state index contributed by atoms with van der Waals surface area (Å²) in [5, 5.41) is 10.1. The van der Waals surface area contributed by atoms with Gasteiger partial charge in [-0.1, -0.05) is 23.7 Å². The van der Waals surface area contributed by atoms with Gasteiger partial charge in [-0.3, -0.25) is 9.78 Å². The van der Waals surface area contributed by atoms with E-state index in [2.05, 4.69) is 16.0 Å². The molecule has 0 atom stereocenters. The first kappa shape index (κ1) is 16.4. The summed E-state index contributed by atoms with van der Waals surface area (Å²) in [6.07, 6.45) is 1.55. The van der Waals surface area contributed by atoms with Crippen LogP contribution >= 0.6 is 11.6 Å². The van der Waals surface area contributed by atoms with Crippen LogP contribution in [0.15, 0.2) is 53.7 Å². The Hall–Kier alpha value is -3.43. The minimum Gasteiger partial charge on any atom is -0.370 e. The molecule has 0 aliphatic heterocycles. The van der Waals surface area contributed by atoms with Gasteiger partial charge in [0.25, 0.3) is 5.91 Å². The topological polar surface area (TPSA) is 118 Å². The second-order valence-electron chi connectivity index (χ2n) is 5.24. The highest BCUT2D eigenvalue weighted by atomic mass is 35.5. The third-order valence-electron chi connectivity index (χ3n) is 3.60. The normalized spacial score (nSPS) is 10.2. The lowest BCUT2D eigenvalue weighted by molar-refractivity contribution is 0.100. The fourth-order valence-electron chi connectivity index (χ4n) is 2.49. The third kappa shape index (κ3) is 3.27. The van der Waals surface area contributed by atoms with Crippen molar-refractivity contribution in [2.45, 2.75) is 0 Å². The molecule has 1 aromatic heterocycles. The molecule has 2 aromatic carbocycles. The molecule has 0 aliphatic rings. The Morgan fingerprint density at radius 3 is 2.52 bits per heavy atom. The molecule has 0 saturated heterocycles. The summed E-state index contributed by atoms with van der Waals surface area (Å²) in [6.45, 7) is 0. The number of hydrogen-bond acceptors (Lipinski definition) is 3. The van der Waals surface area contributed by atoms with Crippen molar-refractivity contribution < 1.29 is 4.79 Å². The van der Waals surface area contributed by atoms with Gasteiger partial charge in [-0.05, 0) is 35.9 Å². The second-order valence-corrected chi connectivity index (χ2v) is 5.65. The number of pyridine rings is 1. The van der Waals surface area contributed by atoms with Crippen LogP contribution < -0.4 is 11.5 Å². The van der Waals surface area contributed by atoms with Gasteiger partial charge in [0.05, 0.1) is 22.2 Å². The highest BCUT2D eigenvalue weighted by molar-refractivity contribution is 6.34. The SMILES string of the molecule is N#Cc1ccc(-c2c(Cl)cnc3ccc(C(=O)N=C(N)N)cc23)cc1. The van der Waals surface area contributed by atoms with E-state index in [-0.39, 0.29) is 5.96 Å². The predicted octanol–water partition coefficient (Wildman–Crippen LogP) is 2.84. The molecule has 0 unspecified atom stereocenters. The number of fused-ring (bicyclic) bond motifs is 1. The molecule has 4 N–H and O–H groups in total. The monoisotopic (exact) mass is 349 g/mol. The number of halogens is 1. The average Bonchev–Trinajstić information content (AvgIpc) is 2.60. The molecular formula is C18H12ClN5O. The van der Waals surface area contributed by atoms with E-state index in [9.17, 15) is 4.79 Å². The standard InChI is InChI=1S/C18H12ClN5O/c19-14-9-23-15-6-5-12(17(25)24-18(21)22)7-13(15)16(14)11-3-1-10(8-20)2-4-11/h1-7,9H,(H4,21,22,24,25). The van der Waals surface area contributed by atoms with Crippen LogP contribution in [0.3, 0.4) is 0 Å². The van der Waals surface area contributed by atoms with Crippen molar-refractivity contribution in [3.63, 3.8) is 0 Å². The van der Waals surface area contributed by atoms with Gasteiger partial charge >= 0.3 is 0 Å². The van der Waals surface area contributed by atoms with Crippen molar-refractivity contribution in [3.8, 4) is 17.2 Å². The van der Waals surface area contributed by atoms with E-state index in [0.29, 0.717) is 27.1 Å². The van der Waals surface area contributed by atoms with Crippen molar-refractivity contribution >= 4 is 34.4 Å². The third-order valence-corrected chi connectivity index (χ3v) is 3.89. The van der Waals surface area contributed by atoms with Gasteiger partial charge in [-0.25, -0.2) is 0 Å².